The average molecular weight is 265 g/mol. The van der Waals surface area contributed by atoms with Crippen LogP contribution in [-0.2, 0) is 4.74 Å². The fourth-order valence-corrected chi connectivity index (χ4v) is 1.70. The SMILES string of the molecule is Cc1cc(NCCOCCC(C)C)ccc1C(=O)O. The predicted octanol–water partition coefficient (Wildman–Crippen LogP) is 3.17. The smallest absolute Gasteiger partial charge is 0.335 e. The van der Waals surface area contributed by atoms with Gasteiger partial charge in [-0.05, 0) is 43.0 Å². The van der Waals surface area contributed by atoms with Crippen molar-refractivity contribution >= 4 is 11.7 Å². The van der Waals surface area contributed by atoms with Crippen LogP contribution in [0.3, 0.4) is 0 Å². The molecule has 4 heteroatoms. The number of benzene rings is 1. The number of anilines is 1. The molecule has 0 aliphatic heterocycles. The Morgan fingerprint density at radius 3 is 2.68 bits per heavy atom. The molecule has 1 rings (SSSR count). The highest BCUT2D eigenvalue weighted by molar-refractivity contribution is 5.89. The zero-order chi connectivity index (χ0) is 14.3. The summed E-state index contributed by atoms with van der Waals surface area (Å²) in [6, 6.07) is 5.25. The van der Waals surface area contributed by atoms with Crippen LogP contribution >= 0.6 is 0 Å². The van der Waals surface area contributed by atoms with Crippen molar-refractivity contribution in [3.8, 4) is 0 Å². The monoisotopic (exact) mass is 265 g/mol. The van der Waals surface area contributed by atoms with Crippen LogP contribution < -0.4 is 5.32 Å². The predicted molar refractivity (Wildman–Crippen MR) is 76.9 cm³/mol. The van der Waals surface area contributed by atoms with Crippen LogP contribution in [0.2, 0.25) is 0 Å². The van der Waals surface area contributed by atoms with Gasteiger partial charge in [0.15, 0.2) is 0 Å². The first kappa shape index (κ1) is 15.5. The summed E-state index contributed by atoms with van der Waals surface area (Å²) in [6.45, 7) is 8.32. The summed E-state index contributed by atoms with van der Waals surface area (Å²) < 4.78 is 5.50. The third-order valence-corrected chi connectivity index (χ3v) is 2.87. The molecule has 0 atom stereocenters. The van der Waals surface area contributed by atoms with E-state index in [9.17, 15) is 4.79 Å². The van der Waals surface area contributed by atoms with Crippen molar-refractivity contribution in [2.75, 3.05) is 25.1 Å². The average Bonchev–Trinajstić information content (AvgIpc) is 2.32. The minimum atomic E-state index is -0.888. The molecule has 0 aromatic heterocycles. The van der Waals surface area contributed by atoms with Crippen LogP contribution in [0.15, 0.2) is 18.2 Å². The van der Waals surface area contributed by atoms with Crippen molar-refractivity contribution in [1.82, 2.24) is 0 Å². The van der Waals surface area contributed by atoms with Gasteiger partial charge in [-0.25, -0.2) is 4.79 Å². The number of carboxylic acid groups (broad SMARTS) is 1. The van der Waals surface area contributed by atoms with Crippen LogP contribution in [0.5, 0.6) is 0 Å². The van der Waals surface area contributed by atoms with Crippen LogP contribution in [0.25, 0.3) is 0 Å². The maximum atomic E-state index is 10.9. The van der Waals surface area contributed by atoms with E-state index < -0.39 is 5.97 Å². The van der Waals surface area contributed by atoms with Crippen LogP contribution in [0.1, 0.15) is 36.2 Å². The van der Waals surface area contributed by atoms with Crippen molar-refractivity contribution in [1.29, 1.82) is 0 Å². The van der Waals surface area contributed by atoms with Gasteiger partial charge >= 0.3 is 5.97 Å². The Bertz CT molecular complexity index is 416. The maximum absolute atomic E-state index is 10.9. The van der Waals surface area contributed by atoms with E-state index in [1.165, 1.54) is 0 Å². The third kappa shape index (κ3) is 5.75. The number of carbonyl (C=O) groups is 1. The van der Waals surface area contributed by atoms with Gasteiger partial charge in [-0.1, -0.05) is 13.8 Å². The van der Waals surface area contributed by atoms with E-state index in [1.807, 2.05) is 6.07 Å². The number of hydrogen-bond acceptors (Lipinski definition) is 3. The zero-order valence-corrected chi connectivity index (χ0v) is 11.9. The highest BCUT2D eigenvalue weighted by Gasteiger charge is 2.06. The summed E-state index contributed by atoms with van der Waals surface area (Å²) in [5.41, 5.74) is 2.03. The van der Waals surface area contributed by atoms with E-state index in [0.717, 1.165) is 30.8 Å². The minimum absolute atomic E-state index is 0.346. The molecule has 1 aromatic carbocycles. The van der Waals surface area contributed by atoms with Crippen molar-refractivity contribution < 1.29 is 14.6 Å². The molecule has 0 radical (unpaired) electrons. The summed E-state index contributed by atoms with van der Waals surface area (Å²) in [5.74, 6) is -0.222. The number of hydrogen-bond donors (Lipinski definition) is 2. The highest BCUT2D eigenvalue weighted by atomic mass is 16.5. The standard InChI is InChI=1S/C15H23NO3/c1-11(2)6-8-19-9-7-16-13-4-5-14(15(17)18)12(3)10-13/h4-5,10-11,16H,6-9H2,1-3H3,(H,17,18). The summed E-state index contributed by atoms with van der Waals surface area (Å²) in [6.07, 6.45) is 1.08. The fraction of sp³-hybridized carbons (Fsp3) is 0.533. The number of nitrogens with one attached hydrogen (secondary N) is 1. The summed E-state index contributed by atoms with van der Waals surface area (Å²) >= 11 is 0. The van der Waals surface area contributed by atoms with Gasteiger partial charge < -0.3 is 15.2 Å². The van der Waals surface area contributed by atoms with Crippen LogP contribution in [0, 0.1) is 12.8 Å². The molecule has 0 amide bonds. The van der Waals surface area contributed by atoms with E-state index in [-0.39, 0.29) is 0 Å². The lowest BCUT2D eigenvalue weighted by Crippen LogP contribution is -2.11. The minimum Gasteiger partial charge on any atom is -0.478 e. The van der Waals surface area contributed by atoms with Gasteiger partial charge in [0.2, 0.25) is 0 Å². The Labute approximate surface area is 114 Å². The molecule has 1 aromatic rings. The van der Waals surface area contributed by atoms with E-state index in [2.05, 4.69) is 19.2 Å². The first-order chi connectivity index (χ1) is 9.00. The molecule has 19 heavy (non-hydrogen) atoms. The van der Waals surface area contributed by atoms with Crippen LogP contribution in [0.4, 0.5) is 5.69 Å². The first-order valence-electron chi connectivity index (χ1n) is 6.66. The fourth-order valence-electron chi connectivity index (χ4n) is 1.70. The van der Waals surface area contributed by atoms with Gasteiger partial charge in [-0.3, -0.25) is 0 Å². The highest BCUT2D eigenvalue weighted by Crippen LogP contribution is 2.14. The largest absolute Gasteiger partial charge is 0.478 e. The van der Waals surface area contributed by atoms with E-state index in [1.54, 1.807) is 19.1 Å². The molecule has 4 nitrogen and oxygen atoms in total. The molecule has 0 unspecified atom stereocenters. The molecule has 106 valence electrons. The zero-order valence-electron chi connectivity index (χ0n) is 11.9. The topological polar surface area (TPSA) is 58.6 Å². The Morgan fingerprint density at radius 2 is 2.11 bits per heavy atom. The quantitative estimate of drug-likeness (QED) is 0.709. The summed E-state index contributed by atoms with van der Waals surface area (Å²) in [5, 5.41) is 12.2. The molecule has 0 spiro atoms. The Balaban J connectivity index is 2.30. The normalized spacial score (nSPS) is 10.7. The molecule has 0 bridgehead atoms. The molecule has 0 aliphatic rings. The van der Waals surface area contributed by atoms with Gasteiger partial charge in [0.1, 0.15) is 0 Å². The number of aromatic carboxylic acids is 1. The van der Waals surface area contributed by atoms with Crippen molar-refractivity contribution in [2.45, 2.75) is 27.2 Å². The van der Waals surface area contributed by atoms with Gasteiger partial charge in [0.25, 0.3) is 0 Å². The second kappa shape index (κ2) is 7.79. The van der Waals surface area contributed by atoms with Crippen molar-refractivity contribution in [3.05, 3.63) is 29.3 Å². The molecule has 0 saturated heterocycles. The Kier molecular flexibility index (Phi) is 6.36. The summed E-state index contributed by atoms with van der Waals surface area (Å²) in [7, 11) is 0. The van der Waals surface area contributed by atoms with E-state index in [4.69, 9.17) is 9.84 Å². The number of rotatable bonds is 8. The van der Waals surface area contributed by atoms with Crippen molar-refractivity contribution in [3.63, 3.8) is 0 Å². The van der Waals surface area contributed by atoms with E-state index >= 15 is 0 Å². The second-order valence-corrected chi connectivity index (χ2v) is 5.06. The lowest BCUT2D eigenvalue weighted by molar-refractivity contribution is 0.0696. The molecule has 0 saturated carbocycles. The lowest BCUT2D eigenvalue weighted by atomic mass is 10.1. The van der Waals surface area contributed by atoms with Crippen LogP contribution in [-0.4, -0.2) is 30.8 Å². The summed E-state index contributed by atoms with van der Waals surface area (Å²) in [4.78, 5) is 10.9. The molecular weight excluding hydrogens is 242 g/mol. The first-order valence-corrected chi connectivity index (χ1v) is 6.66. The van der Waals surface area contributed by atoms with Crippen molar-refractivity contribution in [2.24, 2.45) is 5.92 Å². The molecule has 0 aliphatic carbocycles. The van der Waals surface area contributed by atoms with Gasteiger partial charge in [-0.15, -0.1) is 0 Å². The van der Waals surface area contributed by atoms with Gasteiger partial charge in [0, 0.05) is 18.8 Å². The molecule has 0 heterocycles. The van der Waals surface area contributed by atoms with Gasteiger partial charge in [-0.2, -0.15) is 0 Å². The maximum Gasteiger partial charge on any atom is 0.335 e. The molecule has 0 fully saturated rings. The molecule has 2 N–H and O–H groups in total. The number of ether oxygens (including phenoxy) is 1. The lowest BCUT2D eigenvalue weighted by Gasteiger charge is -2.10. The number of aryl methyl sites for hydroxylation is 1. The second-order valence-electron chi connectivity index (χ2n) is 5.06. The Hall–Kier alpha value is -1.55. The third-order valence-electron chi connectivity index (χ3n) is 2.87. The number of carboxylic acids is 1. The van der Waals surface area contributed by atoms with E-state index in [0.29, 0.717) is 18.1 Å². The Morgan fingerprint density at radius 1 is 1.37 bits per heavy atom. The van der Waals surface area contributed by atoms with Gasteiger partial charge in [0.05, 0.1) is 12.2 Å². The molecular formula is C15H23NO3.